The third kappa shape index (κ3) is 6.37. The number of aromatic nitrogens is 2. The van der Waals surface area contributed by atoms with E-state index in [4.69, 9.17) is 21.1 Å². The van der Waals surface area contributed by atoms with E-state index < -0.39 is 11.6 Å². The van der Waals surface area contributed by atoms with Crippen LogP contribution >= 0.6 is 11.6 Å². The lowest BCUT2D eigenvalue weighted by molar-refractivity contribution is 0.00619. The Morgan fingerprint density at radius 2 is 1.57 bits per heavy atom. The van der Waals surface area contributed by atoms with Gasteiger partial charge in [0, 0.05) is 23.7 Å². The molecular weight excluding hydrogens is 464 g/mol. The summed E-state index contributed by atoms with van der Waals surface area (Å²) in [6.07, 6.45) is 1.82. The fourth-order valence-corrected chi connectivity index (χ4v) is 4.46. The van der Waals surface area contributed by atoms with E-state index in [1.807, 2.05) is 71.9 Å². The van der Waals surface area contributed by atoms with Crippen LogP contribution in [-0.2, 0) is 35.3 Å². The molecule has 1 aromatic carbocycles. The molecule has 0 amide bonds. The normalized spacial score (nSPS) is 11.5. The minimum atomic E-state index is -0.583. The van der Waals surface area contributed by atoms with Crippen molar-refractivity contribution < 1.29 is 19.1 Å². The summed E-state index contributed by atoms with van der Waals surface area (Å²) in [5.41, 5.74) is 6.85. The highest BCUT2D eigenvalue weighted by Gasteiger charge is 2.26. The number of hydrogen-bond donors (Lipinski definition) is 2. The number of hydrogen-bond acceptors (Lipinski definition) is 4. The summed E-state index contributed by atoms with van der Waals surface area (Å²) < 4.78 is 11.2. The molecular formula is C28H35ClN2O4. The number of benzene rings is 1. The summed E-state index contributed by atoms with van der Waals surface area (Å²) in [6.45, 7) is 11.7. The van der Waals surface area contributed by atoms with Gasteiger partial charge in [0.25, 0.3) is 0 Å². The first-order valence-electron chi connectivity index (χ1n) is 12.0. The van der Waals surface area contributed by atoms with Crippen LogP contribution in [0.5, 0.6) is 0 Å². The van der Waals surface area contributed by atoms with Crippen molar-refractivity contribution in [3.63, 3.8) is 0 Å². The van der Waals surface area contributed by atoms with Gasteiger partial charge in [-0.15, -0.1) is 11.6 Å². The SMILES string of the molecule is CCc1c(C(=O)OC(C)(C)C)[nH]c(Cc2[nH]c(C(=O)OCc3ccccc3)c(C)c2CCCl)c1C. The topological polar surface area (TPSA) is 84.2 Å². The third-order valence-electron chi connectivity index (χ3n) is 6.02. The molecule has 0 spiro atoms. The second kappa shape index (κ2) is 11.2. The lowest BCUT2D eigenvalue weighted by atomic mass is 10.0. The van der Waals surface area contributed by atoms with Crippen LogP contribution in [0.15, 0.2) is 30.3 Å². The maximum atomic E-state index is 12.9. The van der Waals surface area contributed by atoms with Gasteiger partial charge >= 0.3 is 11.9 Å². The first-order chi connectivity index (χ1) is 16.6. The largest absolute Gasteiger partial charge is 0.456 e. The molecule has 0 aliphatic heterocycles. The van der Waals surface area contributed by atoms with Gasteiger partial charge in [-0.25, -0.2) is 9.59 Å². The Morgan fingerprint density at radius 1 is 0.914 bits per heavy atom. The van der Waals surface area contributed by atoms with E-state index in [1.165, 1.54) is 0 Å². The van der Waals surface area contributed by atoms with Crippen LogP contribution in [0, 0.1) is 13.8 Å². The van der Waals surface area contributed by atoms with E-state index in [9.17, 15) is 9.59 Å². The Hall–Kier alpha value is -2.99. The van der Waals surface area contributed by atoms with Crippen molar-refractivity contribution in [2.24, 2.45) is 0 Å². The third-order valence-corrected chi connectivity index (χ3v) is 6.21. The van der Waals surface area contributed by atoms with Crippen LogP contribution < -0.4 is 0 Å². The molecule has 0 saturated carbocycles. The van der Waals surface area contributed by atoms with Crippen molar-refractivity contribution in [1.29, 1.82) is 0 Å². The summed E-state index contributed by atoms with van der Waals surface area (Å²) in [5, 5.41) is 0. The number of aromatic amines is 2. The summed E-state index contributed by atoms with van der Waals surface area (Å²) in [7, 11) is 0. The maximum absolute atomic E-state index is 12.9. The number of esters is 2. The van der Waals surface area contributed by atoms with Crippen molar-refractivity contribution in [1.82, 2.24) is 9.97 Å². The van der Waals surface area contributed by atoms with E-state index in [0.717, 1.165) is 39.2 Å². The zero-order valence-electron chi connectivity index (χ0n) is 21.4. The van der Waals surface area contributed by atoms with Crippen molar-refractivity contribution in [3.8, 4) is 0 Å². The molecule has 0 aliphatic rings. The fraction of sp³-hybridized carbons (Fsp3) is 0.429. The molecule has 0 bridgehead atoms. The standard InChI is InChI=1S/C28H35ClN2O4/c1-7-20-17(2)22(30-25(20)27(33)35-28(4,5)6)15-23-21(13-14-29)18(3)24(31-23)26(32)34-16-19-11-9-8-10-12-19/h8-12,30-31H,7,13-16H2,1-6H3. The Kier molecular flexibility index (Phi) is 8.49. The Balaban J connectivity index is 1.89. The van der Waals surface area contributed by atoms with Crippen LogP contribution in [0.1, 0.15) is 87.9 Å². The molecule has 0 unspecified atom stereocenters. The second-order valence-corrected chi connectivity index (χ2v) is 10.1. The second-order valence-electron chi connectivity index (χ2n) is 9.70. The molecule has 35 heavy (non-hydrogen) atoms. The molecule has 0 fully saturated rings. The zero-order valence-corrected chi connectivity index (χ0v) is 22.2. The number of nitrogens with one attached hydrogen (secondary N) is 2. The van der Waals surface area contributed by atoms with Crippen molar-refractivity contribution in [2.75, 3.05) is 5.88 Å². The summed E-state index contributed by atoms with van der Waals surface area (Å²) in [4.78, 5) is 32.3. The highest BCUT2D eigenvalue weighted by Crippen LogP contribution is 2.27. The van der Waals surface area contributed by atoms with Gasteiger partial charge in [0.2, 0.25) is 0 Å². The number of carbonyl (C=O) groups excluding carboxylic acids is 2. The van der Waals surface area contributed by atoms with Crippen molar-refractivity contribution in [2.45, 2.75) is 73.0 Å². The van der Waals surface area contributed by atoms with Crippen LogP contribution in [0.25, 0.3) is 0 Å². The molecule has 3 rings (SSSR count). The quantitative estimate of drug-likeness (QED) is 0.271. The summed E-state index contributed by atoms with van der Waals surface area (Å²) >= 11 is 6.10. The average molecular weight is 499 g/mol. The van der Waals surface area contributed by atoms with Gasteiger partial charge in [-0.2, -0.15) is 0 Å². The molecule has 3 aromatic rings. The lowest BCUT2D eigenvalue weighted by Crippen LogP contribution is -2.24. The number of alkyl halides is 1. The lowest BCUT2D eigenvalue weighted by Gasteiger charge is -2.19. The van der Waals surface area contributed by atoms with Crippen LogP contribution in [0.4, 0.5) is 0 Å². The number of rotatable bonds is 9. The maximum Gasteiger partial charge on any atom is 0.355 e. The number of halogens is 1. The van der Waals surface area contributed by atoms with Crippen LogP contribution in [0.2, 0.25) is 0 Å². The van der Waals surface area contributed by atoms with E-state index in [0.29, 0.717) is 36.5 Å². The predicted octanol–water partition coefficient (Wildman–Crippen LogP) is 6.21. The van der Waals surface area contributed by atoms with E-state index in [1.54, 1.807) is 0 Å². The minimum absolute atomic E-state index is 0.202. The summed E-state index contributed by atoms with van der Waals surface area (Å²) in [6, 6.07) is 9.58. The molecule has 2 N–H and O–H groups in total. The molecule has 2 aromatic heterocycles. The molecule has 2 heterocycles. The monoisotopic (exact) mass is 498 g/mol. The number of ether oxygens (including phenoxy) is 2. The molecule has 188 valence electrons. The first kappa shape index (κ1) is 26.6. The predicted molar refractivity (Wildman–Crippen MR) is 138 cm³/mol. The zero-order chi connectivity index (χ0) is 25.8. The number of carbonyl (C=O) groups is 2. The summed E-state index contributed by atoms with van der Waals surface area (Å²) in [5.74, 6) is -0.338. The molecule has 0 atom stereocenters. The van der Waals surface area contributed by atoms with Crippen LogP contribution in [-0.4, -0.2) is 33.4 Å². The molecule has 0 aliphatic carbocycles. The van der Waals surface area contributed by atoms with Crippen molar-refractivity contribution >= 4 is 23.5 Å². The Labute approximate surface area is 212 Å². The van der Waals surface area contributed by atoms with Crippen LogP contribution in [0.3, 0.4) is 0 Å². The fourth-order valence-electron chi connectivity index (χ4n) is 4.27. The van der Waals surface area contributed by atoms with Gasteiger partial charge in [-0.3, -0.25) is 0 Å². The highest BCUT2D eigenvalue weighted by atomic mass is 35.5. The van der Waals surface area contributed by atoms with E-state index >= 15 is 0 Å². The molecule has 7 heteroatoms. The van der Waals surface area contributed by atoms with Gasteiger partial charge in [0.15, 0.2) is 0 Å². The van der Waals surface area contributed by atoms with Gasteiger partial charge < -0.3 is 19.4 Å². The van der Waals surface area contributed by atoms with E-state index in [2.05, 4.69) is 9.97 Å². The average Bonchev–Trinajstić information content (AvgIpc) is 3.29. The first-order valence-corrected chi connectivity index (χ1v) is 12.5. The van der Waals surface area contributed by atoms with Crippen molar-refractivity contribution in [3.05, 3.63) is 80.9 Å². The van der Waals surface area contributed by atoms with E-state index in [-0.39, 0.29) is 12.6 Å². The smallest absolute Gasteiger partial charge is 0.355 e. The van der Waals surface area contributed by atoms with Gasteiger partial charge in [-0.05, 0) is 75.3 Å². The number of H-pyrrole nitrogens is 2. The van der Waals surface area contributed by atoms with Gasteiger partial charge in [0.1, 0.15) is 23.6 Å². The molecule has 6 nitrogen and oxygen atoms in total. The van der Waals surface area contributed by atoms with Gasteiger partial charge in [0.05, 0.1) is 0 Å². The molecule has 0 radical (unpaired) electrons. The Bertz CT molecular complexity index is 1190. The Morgan fingerprint density at radius 3 is 2.17 bits per heavy atom. The highest BCUT2D eigenvalue weighted by molar-refractivity contribution is 6.18. The molecule has 0 saturated heterocycles. The van der Waals surface area contributed by atoms with Gasteiger partial charge in [-0.1, -0.05) is 37.3 Å². The minimum Gasteiger partial charge on any atom is -0.456 e.